The first kappa shape index (κ1) is 7.88. The molecule has 0 atom stereocenters. The van der Waals surface area contributed by atoms with Crippen LogP contribution in [0.1, 0.15) is 0 Å². The highest BCUT2D eigenvalue weighted by atomic mass is 32.2. The lowest BCUT2D eigenvalue weighted by molar-refractivity contribution is 1.16. The molecule has 1 radical (unpaired) electrons. The largest absolute Gasteiger partial charge is 0.335 e. The predicted octanol–water partition coefficient (Wildman–Crippen LogP) is 2.35. The molecule has 2 aliphatic rings. The molecule has 0 fully saturated rings. The van der Waals surface area contributed by atoms with Crippen LogP contribution in [-0.4, -0.2) is 6.21 Å². The Morgan fingerprint density at radius 2 is 2.14 bits per heavy atom. The van der Waals surface area contributed by atoms with Crippen LogP contribution >= 0.6 is 11.8 Å². The molecule has 0 aromatic heterocycles. The fourth-order valence-corrected chi connectivity index (χ4v) is 2.43. The summed E-state index contributed by atoms with van der Waals surface area (Å²) in [5.41, 5.74) is 1.14. The van der Waals surface area contributed by atoms with Gasteiger partial charge in [-0.05, 0) is 29.3 Å². The van der Waals surface area contributed by atoms with Crippen molar-refractivity contribution < 1.29 is 0 Å². The number of thioether (sulfide) groups is 1. The van der Waals surface area contributed by atoms with E-state index in [4.69, 9.17) is 0 Å². The van der Waals surface area contributed by atoms with Crippen molar-refractivity contribution >= 4 is 23.7 Å². The monoisotopic (exact) mass is 200 g/mol. The molecule has 0 saturated heterocycles. The molecule has 14 heavy (non-hydrogen) atoms. The maximum Gasteiger partial charge on any atom is 0.335 e. The van der Waals surface area contributed by atoms with E-state index in [-0.39, 0.29) is 0 Å². The summed E-state index contributed by atoms with van der Waals surface area (Å²) < 4.78 is 0. The van der Waals surface area contributed by atoms with Gasteiger partial charge in [-0.1, -0.05) is 23.9 Å². The lowest BCUT2D eigenvalue weighted by Gasteiger charge is -2.13. The summed E-state index contributed by atoms with van der Waals surface area (Å²) in [6.07, 6.45) is 5.84. The molecular weight excluding hydrogens is 192 g/mol. The van der Waals surface area contributed by atoms with Gasteiger partial charge in [-0.2, -0.15) is 0 Å². The van der Waals surface area contributed by atoms with Crippen LogP contribution in [0.2, 0.25) is 0 Å². The minimum atomic E-state index is 0.955. The van der Waals surface area contributed by atoms with Crippen LogP contribution in [0.15, 0.2) is 52.0 Å². The highest BCUT2D eigenvalue weighted by Crippen LogP contribution is 2.39. The van der Waals surface area contributed by atoms with E-state index in [0.29, 0.717) is 0 Å². The number of hydrogen-bond acceptors (Lipinski definition) is 3. The molecule has 0 saturated carbocycles. The normalized spacial score (nSPS) is 17.4. The minimum absolute atomic E-state index is 0.955. The van der Waals surface area contributed by atoms with E-state index >= 15 is 0 Å². The summed E-state index contributed by atoms with van der Waals surface area (Å²) in [7, 11) is 0. The van der Waals surface area contributed by atoms with E-state index in [1.807, 2.05) is 12.1 Å². The summed E-state index contributed by atoms with van der Waals surface area (Å²) >= 11 is 1.76. The zero-order valence-electron chi connectivity index (χ0n) is 7.40. The fraction of sp³-hybridized carbons (Fsp3) is 0. The maximum atomic E-state index is 4.29. The molecule has 2 nitrogen and oxygen atoms in total. The van der Waals surface area contributed by atoms with Crippen LogP contribution in [0.5, 0.6) is 0 Å². The number of fused-ring (bicyclic) bond motifs is 1. The summed E-state index contributed by atoms with van der Waals surface area (Å²) in [5.74, 6) is 0.955. The highest BCUT2D eigenvalue weighted by molar-refractivity contribution is 8.03. The second-order valence-corrected chi connectivity index (χ2v) is 4.16. The van der Waals surface area contributed by atoms with Crippen LogP contribution in [0.4, 0.5) is 5.69 Å². The first-order valence-corrected chi connectivity index (χ1v) is 5.24. The van der Waals surface area contributed by atoms with Gasteiger partial charge in [0.15, 0.2) is 0 Å². The van der Waals surface area contributed by atoms with E-state index in [0.717, 1.165) is 11.5 Å². The molecule has 1 aromatic carbocycles. The Morgan fingerprint density at radius 3 is 3.14 bits per heavy atom. The van der Waals surface area contributed by atoms with Gasteiger partial charge < -0.3 is 0 Å². The van der Waals surface area contributed by atoms with Crippen LogP contribution in [0.25, 0.3) is 0 Å². The Morgan fingerprint density at radius 1 is 1.21 bits per heavy atom. The number of aliphatic imine (C=N–C) groups is 1. The van der Waals surface area contributed by atoms with Crippen LogP contribution < -0.4 is 10.3 Å². The van der Waals surface area contributed by atoms with Crippen LogP contribution in [-0.2, 0) is 0 Å². The number of benzene rings is 1. The third kappa shape index (κ3) is 1.17. The van der Waals surface area contributed by atoms with Gasteiger partial charge in [-0.3, -0.25) is 0 Å². The Labute approximate surface area is 86.4 Å². The molecule has 67 valence electrons. The molecule has 2 aliphatic heterocycles. The van der Waals surface area contributed by atoms with Gasteiger partial charge in [-0.25, -0.2) is 5.32 Å². The fourth-order valence-electron chi connectivity index (χ4n) is 1.47. The van der Waals surface area contributed by atoms with Gasteiger partial charge in [0.05, 0.1) is 4.90 Å². The quantitative estimate of drug-likeness (QED) is 0.695. The zero-order valence-corrected chi connectivity index (χ0v) is 8.21. The molecular formula is C11H8N2S+. The second-order valence-electron chi connectivity index (χ2n) is 3.07. The Hall–Kier alpha value is -1.48. The Kier molecular flexibility index (Phi) is 1.70. The molecule has 3 rings (SSSR count). The van der Waals surface area contributed by atoms with Crippen molar-refractivity contribution in [3.8, 4) is 0 Å². The second kappa shape index (κ2) is 3.03. The Balaban J connectivity index is 2.08. The Bertz CT molecular complexity index is 429. The van der Waals surface area contributed by atoms with E-state index in [1.165, 1.54) is 9.80 Å². The minimum Gasteiger partial charge on any atom is -0.235 e. The topological polar surface area (TPSA) is 26.1 Å². The average Bonchev–Trinajstić information content (AvgIpc) is 2.26. The van der Waals surface area contributed by atoms with Gasteiger partial charge >= 0.3 is 5.82 Å². The molecule has 0 spiro atoms. The predicted molar refractivity (Wildman–Crippen MR) is 60.3 cm³/mol. The molecule has 1 aromatic rings. The summed E-state index contributed by atoms with van der Waals surface area (Å²) in [6.45, 7) is 0. The summed E-state index contributed by atoms with van der Waals surface area (Å²) in [4.78, 5) is 6.73. The summed E-state index contributed by atoms with van der Waals surface area (Å²) in [6, 6.07) is 8.26. The number of nitrogens with one attached hydrogen (secondary N) is 1. The molecule has 1 N–H and O–H groups in total. The first-order valence-electron chi connectivity index (χ1n) is 4.42. The van der Waals surface area contributed by atoms with Gasteiger partial charge in [0, 0.05) is 0 Å². The molecule has 0 bridgehead atoms. The molecule has 0 aliphatic carbocycles. The van der Waals surface area contributed by atoms with Crippen LogP contribution in [0.3, 0.4) is 0 Å². The van der Waals surface area contributed by atoms with Crippen molar-refractivity contribution in [3.63, 3.8) is 0 Å². The van der Waals surface area contributed by atoms with Gasteiger partial charge in [0.1, 0.15) is 16.8 Å². The van der Waals surface area contributed by atoms with Gasteiger partial charge in [0.25, 0.3) is 0 Å². The molecule has 2 heterocycles. The number of anilines is 1. The van der Waals surface area contributed by atoms with Crippen molar-refractivity contribution in [3.05, 3.63) is 47.1 Å². The van der Waals surface area contributed by atoms with Crippen molar-refractivity contribution in [1.29, 1.82) is 0 Å². The molecule has 0 amide bonds. The van der Waals surface area contributed by atoms with E-state index < -0.39 is 0 Å². The molecule has 0 unspecified atom stereocenters. The standard InChI is InChI=1S/C11H8N2S/c1-2-5-9-8(4-1)13-11-10(14-9)6-3-7-12-11/h1-7,13H/q+1. The lowest BCUT2D eigenvalue weighted by atomic mass is 10.3. The van der Waals surface area contributed by atoms with E-state index in [9.17, 15) is 0 Å². The van der Waals surface area contributed by atoms with E-state index in [1.54, 1.807) is 18.0 Å². The highest BCUT2D eigenvalue weighted by Gasteiger charge is 2.24. The van der Waals surface area contributed by atoms with Crippen molar-refractivity contribution in [2.75, 3.05) is 5.32 Å². The van der Waals surface area contributed by atoms with Crippen molar-refractivity contribution in [1.82, 2.24) is 4.99 Å². The third-order valence-corrected chi connectivity index (χ3v) is 3.26. The van der Waals surface area contributed by atoms with Crippen molar-refractivity contribution in [2.45, 2.75) is 4.90 Å². The third-order valence-electron chi connectivity index (χ3n) is 2.13. The maximum absolute atomic E-state index is 4.29. The SMILES string of the molecule is C1=CC2=C([N+]=C1)Nc1ccccc1S2. The number of allylic oxidation sites excluding steroid dienone is 2. The lowest BCUT2D eigenvalue weighted by Crippen LogP contribution is -2.13. The summed E-state index contributed by atoms with van der Waals surface area (Å²) in [5, 5.41) is 3.31. The van der Waals surface area contributed by atoms with Crippen LogP contribution in [0, 0.1) is 0 Å². The zero-order chi connectivity index (χ0) is 9.38. The number of hydrogen-bond donors (Lipinski definition) is 1. The molecule has 3 heteroatoms. The van der Waals surface area contributed by atoms with Crippen molar-refractivity contribution in [2.24, 2.45) is 0 Å². The average molecular weight is 200 g/mol. The number of para-hydroxylation sites is 1. The smallest absolute Gasteiger partial charge is 0.235 e. The number of nitrogens with zero attached hydrogens (tertiary/aromatic N) is 1. The van der Waals surface area contributed by atoms with E-state index in [2.05, 4.69) is 34.6 Å². The van der Waals surface area contributed by atoms with Gasteiger partial charge in [-0.15, -0.1) is 0 Å². The first-order chi connectivity index (χ1) is 6.93. The van der Waals surface area contributed by atoms with Gasteiger partial charge in [0.2, 0.25) is 0 Å². The number of rotatable bonds is 0.